The molecular weight excluding hydrogens is 410 g/mol. The Morgan fingerprint density at radius 2 is 1.65 bits per heavy atom. The van der Waals surface area contributed by atoms with E-state index in [1.165, 1.54) is 11.8 Å². The standard InChI is InChI=1S/C24H25N3O3S/c28-21(18-9-3-1-4-10-18)17-31-24-25-20-12-6-5-11-19(20)23(30)27(24)16-13-22(29)26-14-7-2-8-15-26/h1,3-6,9-12H,2,7-8,13-17H2. The Hall–Kier alpha value is -2.93. The first-order valence-electron chi connectivity index (χ1n) is 10.6. The van der Waals surface area contributed by atoms with Crippen LogP contribution in [0.5, 0.6) is 0 Å². The molecule has 0 unspecified atom stereocenters. The Morgan fingerprint density at radius 3 is 2.42 bits per heavy atom. The van der Waals surface area contributed by atoms with Crippen molar-refractivity contribution in [1.29, 1.82) is 0 Å². The number of aromatic nitrogens is 2. The number of rotatable bonds is 7. The van der Waals surface area contributed by atoms with Crippen molar-refractivity contribution in [3.05, 3.63) is 70.5 Å². The lowest BCUT2D eigenvalue weighted by molar-refractivity contribution is -0.132. The van der Waals surface area contributed by atoms with Crippen molar-refractivity contribution < 1.29 is 9.59 Å². The monoisotopic (exact) mass is 435 g/mol. The minimum Gasteiger partial charge on any atom is -0.343 e. The van der Waals surface area contributed by atoms with Crippen LogP contribution in [-0.4, -0.2) is 45.0 Å². The first kappa shape index (κ1) is 21.3. The number of fused-ring (bicyclic) bond motifs is 1. The number of amides is 1. The molecular formula is C24H25N3O3S. The molecule has 1 aromatic heterocycles. The zero-order chi connectivity index (χ0) is 21.6. The maximum absolute atomic E-state index is 13.2. The summed E-state index contributed by atoms with van der Waals surface area (Å²) >= 11 is 1.24. The average molecular weight is 436 g/mol. The Kier molecular flexibility index (Phi) is 6.82. The fourth-order valence-corrected chi connectivity index (χ4v) is 4.72. The summed E-state index contributed by atoms with van der Waals surface area (Å²) in [5, 5.41) is 0.992. The Labute approximate surface area is 185 Å². The second kappa shape index (κ2) is 9.92. The molecule has 1 amide bonds. The Morgan fingerprint density at radius 1 is 0.935 bits per heavy atom. The zero-order valence-corrected chi connectivity index (χ0v) is 18.1. The van der Waals surface area contributed by atoms with E-state index in [1.54, 1.807) is 34.9 Å². The van der Waals surface area contributed by atoms with E-state index in [0.29, 0.717) is 21.6 Å². The highest BCUT2D eigenvalue weighted by molar-refractivity contribution is 7.99. The van der Waals surface area contributed by atoms with Crippen LogP contribution >= 0.6 is 11.8 Å². The quantitative estimate of drug-likeness (QED) is 0.321. The van der Waals surface area contributed by atoms with Gasteiger partial charge in [0.2, 0.25) is 5.91 Å². The van der Waals surface area contributed by atoms with Gasteiger partial charge in [-0.15, -0.1) is 0 Å². The normalized spacial score (nSPS) is 14.0. The number of thioether (sulfide) groups is 1. The van der Waals surface area contributed by atoms with Gasteiger partial charge in [0.05, 0.1) is 16.7 Å². The summed E-state index contributed by atoms with van der Waals surface area (Å²) < 4.78 is 1.55. The molecule has 1 aliphatic rings. The van der Waals surface area contributed by atoms with Gasteiger partial charge in [0.1, 0.15) is 0 Å². The molecule has 1 aliphatic heterocycles. The van der Waals surface area contributed by atoms with Crippen molar-refractivity contribution >= 4 is 34.4 Å². The molecule has 0 atom stereocenters. The summed E-state index contributed by atoms with van der Waals surface area (Å²) in [6.07, 6.45) is 3.48. The molecule has 0 aliphatic carbocycles. The molecule has 7 heteroatoms. The minimum atomic E-state index is -0.174. The summed E-state index contributed by atoms with van der Waals surface area (Å²) in [5.41, 5.74) is 1.05. The Bertz CT molecular complexity index is 1140. The van der Waals surface area contributed by atoms with Gasteiger partial charge in [0.15, 0.2) is 10.9 Å². The number of para-hydroxylation sites is 1. The van der Waals surface area contributed by atoms with Crippen LogP contribution in [0.25, 0.3) is 10.9 Å². The van der Waals surface area contributed by atoms with Crippen molar-refractivity contribution in [3.63, 3.8) is 0 Å². The van der Waals surface area contributed by atoms with Crippen LogP contribution in [0, 0.1) is 0 Å². The van der Waals surface area contributed by atoms with E-state index in [9.17, 15) is 14.4 Å². The highest BCUT2D eigenvalue weighted by atomic mass is 32.2. The molecule has 2 aromatic carbocycles. The fraction of sp³-hybridized carbons (Fsp3) is 0.333. The number of ketones is 1. The zero-order valence-electron chi connectivity index (χ0n) is 17.3. The van der Waals surface area contributed by atoms with Gasteiger partial charge in [-0.05, 0) is 31.4 Å². The lowest BCUT2D eigenvalue weighted by atomic mass is 10.1. The van der Waals surface area contributed by atoms with Crippen LogP contribution in [-0.2, 0) is 11.3 Å². The molecule has 0 spiro atoms. The third-order valence-corrected chi connectivity index (χ3v) is 6.49. The van der Waals surface area contributed by atoms with Crippen LogP contribution in [0.4, 0.5) is 0 Å². The van der Waals surface area contributed by atoms with Gasteiger partial charge in [0, 0.05) is 31.6 Å². The second-order valence-electron chi connectivity index (χ2n) is 7.64. The molecule has 160 valence electrons. The number of hydrogen-bond acceptors (Lipinski definition) is 5. The number of likely N-dealkylation sites (tertiary alicyclic amines) is 1. The van der Waals surface area contributed by atoms with E-state index < -0.39 is 0 Å². The fourth-order valence-electron chi connectivity index (χ4n) is 3.80. The number of Topliss-reactive ketones (excluding diaryl/α,β-unsaturated/α-hetero) is 1. The van der Waals surface area contributed by atoms with Crippen LogP contribution in [0.2, 0.25) is 0 Å². The number of piperidine rings is 1. The summed E-state index contributed by atoms with van der Waals surface area (Å²) in [6, 6.07) is 16.3. The molecule has 1 saturated heterocycles. The maximum atomic E-state index is 13.2. The Balaban J connectivity index is 1.56. The molecule has 0 saturated carbocycles. The van der Waals surface area contributed by atoms with Gasteiger partial charge in [0.25, 0.3) is 5.56 Å². The van der Waals surface area contributed by atoms with Crippen LogP contribution in [0.15, 0.2) is 64.5 Å². The summed E-state index contributed by atoms with van der Waals surface area (Å²) in [6.45, 7) is 1.83. The smallest absolute Gasteiger partial charge is 0.262 e. The van der Waals surface area contributed by atoms with E-state index in [2.05, 4.69) is 4.98 Å². The van der Waals surface area contributed by atoms with Gasteiger partial charge in [-0.2, -0.15) is 0 Å². The van der Waals surface area contributed by atoms with E-state index in [0.717, 1.165) is 32.4 Å². The summed E-state index contributed by atoms with van der Waals surface area (Å²) in [7, 11) is 0. The van der Waals surface area contributed by atoms with Gasteiger partial charge in [-0.25, -0.2) is 4.98 Å². The topological polar surface area (TPSA) is 72.3 Å². The summed E-state index contributed by atoms with van der Waals surface area (Å²) in [5.74, 6) is 0.217. The number of carbonyl (C=O) groups excluding carboxylic acids is 2. The molecule has 2 heterocycles. The third-order valence-electron chi connectivity index (χ3n) is 5.51. The lowest BCUT2D eigenvalue weighted by Crippen LogP contribution is -2.36. The third kappa shape index (κ3) is 5.05. The van der Waals surface area contributed by atoms with Crippen molar-refractivity contribution in [2.24, 2.45) is 0 Å². The molecule has 0 radical (unpaired) electrons. The first-order chi connectivity index (χ1) is 15.1. The minimum absolute atomic E-state index is 0.0241. The van der Waals surface area contributed by atoms with Crippen LogP contribution < -0.4 is 5.56 Å². The van der Waals surface area contributed by atoms with Crippen molar-refractivity contribution in [2.75, 3.05) is 18.8 Å². The van der Waals surface area contributed by atoms with Crippen LogP contribution in [0.1, 0.15) is 36.0 Å². The molecule has 0 N–H and O–H groups in total. The lowest BCUT2D eigenvalue weighted by Gasteiger charge is -2.27. The van der Waals surface area contributed by atoms with Crippen molar-refractivity contribution in [2.45, 2.75) is 37.4 Å². The number of benzene rings is 2. The maximum Gasteiger partial charge on any atom is 0.262 e. The van der Waals surface area contributed by atoms with Gasteiger partial charge < -0.3 is 4.90 Å². The molecule has 3 aromatic rings. The molecule has 31 heavy (non-hydrogen) atoms. The number of carbonyl (C=O) groups is 2. The van der Waals surface area contributed by atoms with Gasteiger partial charge in [-0.3, -0.25) is 19.0 Å². The number of hydrogen-bond donors (Lipinski definition) is 0. The SMILES string of the molecule is O=C(CSc1nc2ccccc2c(=O)n1CCC(=O)N1CCCCC1)c1ccccc1. The predicted molar refractivity (Wildman–Crippen MR) is 123 cm³/mol. The highest BCUT2D eigenvalue weighted by Gasteiger charge is 2.19. The largest absolute Gasteiger partial charge is 0.343 e. The van der Waals surface area contributed by atoms with Crippen LogP contribution in [0.3, 0.4) is 0 Å². The van der Waals surface area contributed by atoms with E-state index in [-0.39, 0.29) is 36.0 Å². The molecule has 0 bridgehead atoms. The number of nitrogens with zero attached hydrogens (tertiary/aromatic N) is 3. The van der Waals surface area contributed by atoms with Gasteiger partial charge >= 0.3 is 0 Å². The molecule has 6 nitrogen and oxygen atoms in total. The van der Waals surface area contributed by atoms with Crippen molar-refractivity contribution in [3.8, 4) is 0 Å². The highest BCUT2D eigenvalue weighted by Crippen LogP contribution is 2.20. The first-order valence-corrected chi connectivity index (χ1v) is 11.6. The second-order valence-corrected chi connectivity index (χ2v) is 8.58. The van der Waals surface area contributed by atoms with E-state index in [1.807, 2.05) is 29.2 Å². The van der Waals surface area contributed by atoms with Crippen molar-refractivity contribution in [1.82, 2.24) is 14.5 Å². The van der Waals surface area contributed by atoms with E-state index >= 15 is 0 Å². The molecule has 4 rings (SSSR count). The average Bonchev–Trinajstić information content (AvgIpc) is 2.83. The molecule has 1 fully saturated rings. The summed E-state index contributed by atoms with van der Waals surface area (Å²) in [4.78, 5) is 44.9. The predicted octanol–water partition coefficient (Wildman–Crippen LogP) is 3.77. The van der Waals surface area contributed by atoms with E-state index in [4.69, 9.17) is 0 Å². The van der Waals surface area contributed by atoms with Gasteiger partial charge in [-0.1, -0.05) is 54.2 Å².